The Morgan fingerprint density at radius 1 is 0.960 bits per heavy atom. The van der Waals surface area contributed by atoms with Gasteiger partial charge in [0.25, 0.3) is 0 Å². The molecule has 1 aromatic rings. The second-order valence-corrected chi connectivity index (χ2v) is 6.87. The number of hydrogen-bond donors (Lipinski definition) is 2. The summed E-state index contributed by atoms with van der Waals surface area (Å²) in [7, 11) is 0. The van der Waals surface area contributed by atoms with Gasteiger partial charge in [-0.25, -0.2) is 4.79 Å². The lowest BCUT2D eigenvalue weighted by Crippen LogP contribution is -2.60. The highest BCUT2D eigenvalue weighted by atomic mass is 16.2. The van der Waals surface area contributed by atoms with Crippen molar-refractivity contribution in [3.05, 3.63) is 29.8 Å². The summed E-state index contributed by atoms with van der Waals surface area (Å²) in [6.45, 7) is 8.85. The molecule has 1 fully saturated rings. The molecule has 0 radical (unpaired) electrons. The van der Waals surface area contributed by atoms with E-state index in [1.807, 2.05) is 31.2 Å². The molecule has 2 rings (SSSR count). The molecule has 0 unspecified atom stereocenters. The molecule has 0 spiro atoms. The number of carbonyl (C=O) groups excluding carboxylic acids is 3. The SMILES string of the molecule is CC(=O)N1CCN(C(=O)C(C)(C)NC(=O)Nc2ccc(C)cc2)CC1. The number of amides is 4. The fourth-order valence-corrected chi connectivity index (χ4v) is 2.76. The minimum absolute atomic E-state index is 0.0157. The van der Waals surface area contributed by atoms with Crippen molar-refractivity contribution < 1.29 is 14.4 Å². The molecule has 1 aliphatic heterocycles. The molecule has 7 nitrogen and oxygen atoms in total. The van der Waals surface area contributed by atoms with Crippen molar-refractivity contribution in [3.63, 3.8) is 0 Å². The molecule has 1 heterocycles. The highest BCUT2D eigenvalue weighted by molar-refractivity contribution is 5.95. The van der Waals surface area contributed by atoms with Crippen molar-refractivity contribution in [2.75, 3.05) is 31.5 Å². The van der Waals surface area contributed by atoms with Gasteiger partial charge in [0.1, 0.15) is 5.54 Å². The van der Waals surface area contributed by atoms with Crippen LogP contribution in [-0.2, 0) is 9.59 Å². The minimum atomic E-state index is -1.03. The van der Waals surface area contributed by atoms with Crippen molar-refractivity contribution in [1.82, 2.24) is 15.1 Å². The van der Waals surface area contributed by atoms with Crippen LogP contribution in [0.15, 0.2) is 24.3 Å². The first kappa shape index (κ1) is 18.8. The van der Waals surface area contributed by atoms with Gasteiger partial charge in [0.2, 0.25) is 11.8 Å². The van der Waals surface area contributed by atoms with Crippen molar-refractivity contribution in [1.29, 1.82) is 0 Å². The molecular formula is C18H26N4O3. The van der Waals surface area contributed by atoms with Crippen molar-refractivity contribution >= 4 is 23.5 Å². The van der Waals surface area contributed by atoms with Crippen molar-refractivity contribution in [3.8, 4) is 0 Å². The first-order chi connectivity index (χ1) is 11.7. The molecule has 25 heavy (non-hydrogen) atoms. The van der Waals surface area contributed by atoms with Gasteiger partial charge < -0.3 is 20.4 Å². The fourth-order valence-electron chi connectivity index (χ4n) is 2.76. The second-order valence-electron chi connectivity index (χ2n) is 6.87. The van der Waals surface area contributed by atoms with Gasteiger partial charge in [-0.1, -0.05) is 17.7 Å². The topological polar surface area (TPSA) is 81.8 Å². The molecule has 0 aliphatic carbocycles. The average Bonchev–Trinajstić information content (AvgIpc) is 2.56. The largest absolute Gasteiger partial charge is 0.339 e. The predicted molar refractivity (Wildman–Crippen MR) is 96.2 cm³/mol. The van der Waals surface area contributed by atoms with E-state index in [1.165, 1.54) is 6.92 Å². The summed E-state index contributed by atoms with van der Waals surface area (Å²) in [5.74, 6) is -0.142. The van der Waals surface area contributed by atoms with Crippen LogP contribution in [0.4, 0.5) is 10.5 Å². The van der Waals surface area contributed by atoms with E-state index in [9.17, 15) is 14.4 Å². The number of hydrogen-bond acceptors (Lipinski definition) is 3. The zero-order valence-corrected chi connectivity index (χ0v) is 15.3. The number of nitrogens with zero attached hydrogens (tertiary/aromatic N) is 2. The molecule has 4 amide bonds. The Morgan fingerprint density at radius 2 is 1.48 bits per heavy atom. The lowest BCUT2D eigenvalue weighted by Gasteiger charge is -2.38. The summed E-state index contributed by atoms with van der Waals surface area (Å²) >= 11 is 0. The fraction of sp³-hybridized carbons (Fsp3) is 0.500. The molecule has 0 atom stereocenters. The van der Waals surface area contributed by atoms with Crippen LogP contribution in [0.25, 0.3) is 0 Å². The molecule has 7 heteroatoms. The van der Waals surface area contributed by atoms with Crippen LogP contribution in [0.2, 0.25) is 0 Å². The summed E-state index contributed by atoms with van der Waals surface area (Å²) in [6.07, 6.45) is 0. The van der Waals surface area contributed by atoms with Crippen LogP contribution >= 0.6 is 0 Å². The van der Waals surface area contributed by atoms with Gasteiger partial charge >= 0.3 is 6.03 Å². The summed E-state index contributed by atoms with van der Waals surface area (Å²) in [5, 5.41) is 5.46. The minimum Gasteiger partial charge on any atom is -0.339 e. The third-order valence-corrected chi connectivity index (χ3v) is 4.28. The molecule has 2 N–H and O–H groups in total. The van der Waals surface area contributed by atoms with E-state index in [0.29, 0.717) is 31.9 Å². The molecular weight excluding hydrogens is 320 g/mol. The molecule has 0 bridgehead atoms. The third-order valence-electron chi connectivity index (χ3n) is 4.28. The zero-order chi connectivity index (χ0) is 18.6. The summed E-state index contributed by atoms with van der Waals surface area (Å²) in [4.78, 5) is 39.7. The van der Waals surface area contributed by atoms with E-state index in [1.54, 1.807) is 23.6 Å². The van der Waals surface area contributed by atoms with Crippen LogP contribution in [0.1, 0.15) is 26.3 Å². The summed E-state index contributed by atoms with van der Waals surface area (Å²) < 4.78 is 0. The molecule has 0 saturated carbocycles. The van der Waals surface area contributed by atoms with Gasteiger partial charge in [-0.05, 0) is 32.9 Å². The van der Waals surface area contributed by atoms with E-state index < -0.39 is 11.6 Å². The van der Waals surface area contributed by atoms with E-state index in [2.05, 4.69) is 10.6 Å². The number of aryl methyl sites for hydroxylation is 1. The number of piperazine rings is 1. The molecule has 0 aromatic heterocycles. The Kier molecular flexibility index (Phi) is 5.66. The number of carbonyl (C=O) groups is 3. The van der Waals surface area contributed by atoms with Crippen molar-refractivity contribution in [2.45, 2.75) is 33.2 Å². The number of urea groups is 1. The Bertz CT molecular complexity index is 647. The molecule has 1 aromatic carbocycles. The second kappa shape index (κ2) is 7.55. The Balaban J connectivity index is 1.91. The monoisotopic (exact) mass is 346 g/mol. The van der Waals surface area contributed by atoms with Gasteiger partial charge in [-0.3, -0.25) is 9.59 Å². The third kappa shape index (κ3) is 4.95. The Labute approximate surface area is 148 Å². The maximum atomic E-state index is 12.7. The van der Waals surface area contributed by atoms with Crippen LogP contribution in [-0.4, -0.2) is 59.4 Å². The van der Waals surface area contributed by atoms with E-state index in [-0.39, 0.29) is 11.8 Å². The number of anilines is 1. The van der Waals surface area contributed by atoms with Gasteiger partial charge in [0.05, 0.1) is 0 Å². The zero-order valence-electron chi connectivity index (χ0n) is 15.3. The maximum Gasteiger partial charge on any atom is 0.320 e. The lowest BCUT2D eigenvalue weighted by molar-refractivity contribution is -0.142. The first-order valence-corrected chi connectivity index (χ1v) is 8.40. The van der Waals surface area contributed by atoms with Gasteiger partial charge in [-0.15, -0.1) is 0 Å². The summed E-state index contributed by atoms with van der Waals surface area (Å²) in [6, 6.07) is 7.00. The van der Waals surface area contributed by atoms with Gasteiger partial charge in [0.15, 0.2) is 0 Å². The van der Waals surface area contributed by atoms with E-state index >= 15 is 0 Å². The van der Waals surface area contributed by atoms with E-state index in [0.717, 1.165) is 5.56 Å². The highest BCUT2D eigenvalue weighted by Crippen LogP contribution is 2.13. The number of benzene rings is 1. The normalized spacial score (nSPS) is 14.9. The van der Waals surface area contributed by atoms with Crippen LogP contribution < -0.4 is 10.6 Å². The van der Waals surface area contributed by atoms with Crippen LogP contribution in [0, 0.1) is 6.92 Å². The quantitative estimate of drug-likeness (QED) is 0.872. The van der Waals surface area contributed by atoms with Crippen molar-refractivity contribution in [2.24, 2.45) is 0 Å². The first-order valence-electron chi connectivity index (χ1n) is 8.40. The van der Waals surface area contributed by atoms with E-state index in [4.69, 9.17) is 0 Å². The molecule has 1 saturated heterocycles. The predicted octanol–water partition coefficient (Wildman–Crippen LogP) is 1.59. The Morgan fingerprint density at radius 3 is 2.00 bits per heavy atom. The summed E-state index contributed by atoms with van der Waals surface area (Å²) in [5.41, 5.74) is 0.736. The molecule has 136 valence electrons. The smallest absolute Gasteiger partial charge is 0.320 e. The van der Waals surface area contributed by atoms with Gasteiger partial charge in [0, 0.05) is 38.8 Å². The number of nitrogens with one attached hydrogen (secondary N) is 2. The molecule has 1 aliphatic rings. The Hall–Kier alpha value is -2.57. The lowest BCUT2D eigenvalue weighted by atomic mass is 10.0. The number of rotatable bonds is 3. The highest BCUT2D eigenvalue weighted by Gasteiger charge is 2.35. The van der Waals surface area contributed by atoms with Crippen LogP contribution in [0.3, 0.4) is 0 Å². The standard InChI is InChI=1S/C18H26N4O3/c1-13-5-7-15(8-6-13)19-17(25)20-18(3,4)16(24)22-11-9-21(10-12-22)14(2)23/h5-8H,9-12H2,1-4H3,(H2,19,20,25). The average molecular weight is 346 g/mol. The van der Waals surface area contributed by atoms with Gasteiger partial charge in [-0.2, -0.15) is 0 Å². The van der Waals surface area contributed by atoms with Crippen LogP contribution in [0.5, 0.6) is 0 Å². The maximum absolute atomic E-state index is 12.7.